The van der Waals surface area contributed by atoms with Gasteiger partial charge in [-0.1, -0.05) is 60.8 Å². The average Bonchev–Trinajstić information content (AvgIpc) is 2.96. The molecule has 0 saturated heterocycles. The second kappa shape index (κ2) is 15.0. The van der Waals surface area contributed by atoms with Crippen LogP contribution in [0.25, 0.3) is 0 Å². The summed E-state index contributed by atoms with van der Waals surface area (Å²) in [6, 6.07) is 15.9. The molecule has 0 saturated carbocycles. The van der Waals surface area contributed by atoms with E-state index in [9.17, 15) is 18.0 Å². The van der Waals surface area contributed by atoms with Crippen molar-refractivity contribution in [1.29, 1.82) is 0 Å². The van der Waals surface area contributed by atoms with Gasteiger partial charge in [-0.3, -0.25) is 13.9 Å². The highest BCUT2D eigenvalue weighted by Crippen LogP contribution is 2.29. The minimum absolute atomic E-state index is 0.0484. The molecule has 0 radical (unpaired) electrons. The quantitative estimate of drug-likeness (QED) is 0.225. The number of anilines is 1. The molecule has 2 atom stereocenters. The minimum Gasteiger partial charge on any atom is -0.497 e. The normalized spacial score (nSPS) is 12.7. The Labute approximate surface area is 262 Å². The molecule has 226 valence electrons. The van der Waals surface area contributed by atoms with Gasteiger partial charge in [0.2, 0.25) is 11.8 Å². The maximum absolute atomic E-state index is 14.2. The number of carbonyl (C=O) groups is 2. The van der Waals surface area contributed by atoms with Gasteiger partial charge in [-0.25, -0.2) is 8.42 Å². The lowest BCUT2D eigenvalue weighted by Crippen LogP contribution is -2.53. The molecule has 0 aliphatic heterocycles. The maximum Gasteiger partial charge on any atom is 0.264 e. The molecular formula is C30H34Cl3N3O5S. The van der Waals surface area contributed by atoms with E-state index in [-0.39, 0.29) is 35.5 Å². The third kappa shape index (κ3) is 8.31. The molecule has 3 aromatic carbocycles. The van der Waals surface area contributed by atoms with E-state index in [0.29, 0.717) is 32.8 Å². The van der Waals surface area contributed by atoms with Crippen LogP contribution in [0.3, 0.4) is 0 Å². The van der Waals surface area contributed by atoms with E-state index in [2.05, 4.69) is 5.32 Å². The fourth-order valence-electron chi connectivity index (χ4n) is 4.23. The highest BCUT2D eigenvalue weighted by atomic mass is 35.5. The van der Waals surface area contributed by atoms with E-state index in [1.165, 1.54) is 42.3 Å². The van der Waals surface area contributed by atoms with Crippen LogP contribution in [0.2, 0.25) is 15.1 Å². The van der Waals surface area contributed by atoms with Crippen molar-refractivity contribution < 1.29 is 22.7 Å². The van der Waals surface area contributed by atoms with Crippen molar-refractivity contribution in [3.63, 3.8) is 0 Å². The number of carbonyl (C=O) groups excluding carboxylic acids is 2. The third-order valence-electron chi connectivity index (χ3n) is 6.77. The molecular weight excluding hydrogens is 621 g/mol. The van der Waals surface area contributed by atoms with Crippen molar-refractivity contribution in [3.05, 3.63) is 87.4 Å². The molecule has 0 unspecified atom stereocenters. The zero-order valence-electron chi connectivity index (χ0n) is 23.8. The van der Waals surface area contributed by atoms with Crippen LogP contribution in [0.5, 0.6) is 5.75 Å². The summed E-state index contributed by atoms with van der Waals surface area (Å²) in [7, 11) is -2.78. The molecule has 1 N–H and O–H groups in total. The van der Waals surface area contributed by atoms with Crippen molar-refractivity contribution in [2.45, 2.75) is 57.1 Å². The molecule has 0 fully saturated rings. The Morgan fingerprint density at radius 3 is 2.17 bits per heavy atom. The van der Waals surface area contributed by atoms with Crippen molar-refractivity contribution >= 4 is 62.3 Å². The Morgan fingerprint density at radius 2 is 1.60 bits per heavy atom. The van der Waals surface area contributed by atoms with Crippen molar-refractivity contribution in [1.82, 2.24) is 10.2 Å². The van der Waals surface area contributed by atoms with E-state index in [1.54, 1.807) is 43.3 Å². The average molecular weight is 655 g/mol. The first kappa shape index (κ1) is 33.5. The lowest BCUT2D eigenvalue weighted by atomic mass is 10.1. The number of hydrogen-bond donors (Lipinski definition) is 1. The molecule has 0 aliphatic rings. The summed E-state index contributed by atoms with van der Waals surface area (Å²) < 4.78 is 34.1. The smallest absolute Gasteiger partial charge is 0.264 e. The summed E-state index contributed by atoms with van der Waals surface area (Å²) >= 11 is 18.8. The number of methoxy groups -OCH3 is 1. The number of nitrogens with zero attached hydrogens (tertiary/aromatic N) is 2. The molecule has 8 nitrogen and oxygen atoms in total. The van der Waals surface area contributed by atoms with E-state index in [0.717, 1.165) is 4.31 Å². The van der Waals surface area contributed by atoms with Gasteiger partial charge in [0, 0.05) is 27.7 Å². The lowest BCUT2D eigenvalue weighted by Gasteiger charge is -2.34. The molecule has 2 amide bonds. The van der Waals surface area contributed by atoms with Gasteiger partial charge in [-0.2, -0.15) is 0 Å². The largest absolute Gasteiger partial charge is 0.497 e. The fraction of sp³-hybridized carbons (Fsp3) is 0.333. The van der Waals surface area contributed by atoms with Crippen LogP contribution in [0.15, 0.2) is 71.6 Å². The van der Waals surface area contributed by atoms with Crippen LogP contribution in [-0.2, 0) is 26.2 Å². The number of hydrogen-bond acceptors (Lipinski definition) is 5. The summed E-state index contributed by atoms with van der Waals surface area (Å²) in [5.74, 6) is -0.481. The first-order valence-electron chi connectivity index (χ1n) is 13.4. The first-order chi connectivity index (χ1) is 19.9. The maximum atomic E-state index is 14.2. The third-order valence-corrected chi connectivity index (χ3v) is 9.38. The van der Waals surface area contributed by atoms with Gasteiger partial charge in [0.05, 0.1) is 17.7 Å². The second-order valence-corrected chi connectivity index (χ2v) is 12.8. The zero-order valence-corrected chi connectivity index (χ0v) is 26.9. The molecule has 42 heavy (non-hydrogen) atoms. The minimum atomic E-state index is -4.26. The Balaban J connectivity index is 2.09. The van der Waals surface area contributed by atoms with Gasteiger partial charge < -0.3 is 15.0 Å². The molecule has 3 rings (SSSR count). The van der Waals surface area contributed by atoms with Gasteiger partial charge in [0.25, 0.3) is 10.0 Å². The Kier molecular flexibility index (Phi) is 11.9. The van der Waals surface area contributed by atoms with E-state index in [4.69, 9.17) is 39.5 Å². The van der Waals surface area contributed by atoms with Crippen LogP contribution in [0, 0.1) is 0 Å². The molecule has 3 aromatic rings. The van der Waals surface area contributed by atoms with Crippen molar-refractivity contribution in [3.8, 4) is 5.75 Å². The highest BCUT2D eigenvalue weighted by Gasteiger charge is 2.34. The second-order valence-electron chi connectivity index (χ2n) is 9.67. The number of halogens is 3. The topological polar surface area (TPSA) is 96.0 Å². The molecule has 12 heteroatoms. The van der Waals surface area contributed by atoms with Crippen LogP contribution in [0.4, 0.5) is 5.69 Å². The summed E-state index contributed by atoms with van der Waals surface area (Å²) in [5.41, 5.74) is 0.741. The van der Waals surface area contributed by atoms with E-state index >= 15 is 0 Å². The number of amides is 2. The summed E-state index contributed by atoms with van der Waals surface area (Å²) in [4.78, 5) is 28.8. The summed E-state index contributed by atoms with van der Waals surface area (Å²) in [5, 5.41) is 3.96. The standard InChI is InChI=1S/C30H34Cl3N3O5S/c1-5-20(3)34-30(38)28(6-2)35(18-21-10-11-23(32)17-27(21)33)29(37)19-36(24-9-7-8-22(31)16-24)42(39,40)26-14-12-25(41-4)13-15-26/h7-17,20,28H,5-6,18-19H2,1-4H3,(H,34,38)/t20-,28+/m0/s1. The SMILES string of the molecule is CC[C@H](C(=O)N[C@@H](C)CC)N(Cc1ccc(Cl)cc1Cl)C(=O)CN(c1cccc(Cl)c1)S(=O)(=O)c1ccc(OC)cc1. The van der Waals surface area contributed by atoms with Gasteiger partial charge >= 0.3 is 0 Å². The van der Waals surface area contributed by atoms with Crippen LogP contribution in [0.1, 0.15) is 39.2 Å². The summed E-state index contributed by atoms with van der Waals surface area (Å²) in [6.45, 7) is 4.94. The van der Waals surface area contributed by atoms with Crippen LogP contribution in [-0.4, -0.2) is 50.9 Å². The predicted octanol–water partition coefficient (Wildman–Crippen LogP) is 6.57. The highest BCUT2D eigenvalue weighted by molar-refractivity contribution is 7.92. The van der Waals surface area contributed by atoms with E-state index < -0.39 is 28.5 Å². The van der Waals surface area contributed by atoms with Crippen LogP contribution >= 0.6 is 34.8 Å². The Morgan fingerprint density at radius 1 is 0.929 bits per heavy atom. The van der Waals surface area contributed by atoms with E-state index in [1.807, 2.05) is 13.8 Å². The molecule has 0 aliphatic carbocycles. The Hall–Kier alpha value is -2.98. The first-order valence-corrected chi connectivity index (χ1v) is 15.9. The van der Waals surface area contributed by atoms with Gasteiger partial charge in [-0.15, -0.1) is 0 Å². The number of ether oxygens (including phenoxy) is 1. The fourth-order valence-corrected chi connectivity index (χ4v) is 6.29. The number of nitrogens with one attached hydrogen (secondary N) is 1. The van der Waals surface area contributed by atoms with Crippen LogP contribution < -0.4 is 14.4 Å². The van der Waals surface area contributed by atoms with Gasteiger partial charge in [0.15, 0.2) is 0 Å². The number of benzene rings is 3. The molecule has 0 bridgehead atoms. The predicted molar refractivity (Wildman–Crippen MR) is 168 cm³/mol. The number of sulfonamides is 1. The van der Waals surface area contributed by atoms with Crippen molar-refractivity contribution in [2.24, 2.45) is 0 Å². The van der Waals surface area contributed by atoms with Gasteiger partial charge in [0.1, 0.15) is 18.3 Å². The molecule has 0 aromatic heterocycles. The number of rotatable bonds is 13. The zero-order chi connectivity index (χ0) is 31.0. The molecule has 0 spiro atoms. The monoisotopic (exact) mass is 653 g/mol. The Bertz CT molecular complexity index is 1500. The van der Waals surface area contributed by atoms with Gasteiger partial charge in [-0.05, 0) is 79.9 Å². The summed E-state index contributed by atoms with van der Waals surface area (Å²) in [6.07, 6.45) is 0.976. The molecule has 0 heterocycles. The lowest BCUT2D eigenvalue weighted by molar-refractivity contribution is -0.140. The van der Waals surface area contributed by atoms with Crippen molar-refractivity contribution in [2.75, 3.05) is 18.0 Å².